The Labute approximate surface area is 269 Å². The number of benzene rings is 3. The number of alkyl halides is 3. The minimum Gasteiger partial charge on any atom is -0.452 e. The second kappa shape index (κ2) is 10.9. The maximum atomic E-state index is 14.4. The highest BCUT2D eigenvalue weighted by molar-refractivity contribution is 6.36. The predicted octanol–water partition coefficient (Wildman–Crippen LogP) is 6.68. The number of nitrogens with zero attached hydrogens (tertiary/aromatic N) is 1. The van der Waals surface area contributed by atoms with Crippen LogP contribution < -0.4 is 0 Å². The lowest BCUT2D eigenvalue weighted by molar-refractivity contribution is -0.163. The van der Waals surface area contributed by atoms with Crippen LogP contribution in [0.15, 0.2) is 72.8 Å². The fourth-order valence-electron chi connectivity index (χ4n) is 6.99. The number of Topliss-reactive ketones (excluding diaryl/α,β-unsaturated/α-hetero) is 1. The number of carbonyl (C=O) groups is 4. The smallest absolute Gasteiger partial charge is 0.330 e. The Balaban J connectivity index is 1.39. The van der Waals surface area contributed by atoms with Crippen molar-refractivity contribution in [1.29, 1.82) is 0 Å². The Bertz CT molecular complexity index is 1530. The molecule has 0 N–H and O–H groups in total. The van der Waals surface area contributed by atoms with E-state index < -0.39 is 63.2 Å². The zero-order valence-corrected chi connectivity index (χ0v) is 26.3. The number of esters is 1. The summed E-state index contributed by atoms with van der Waals surface area (Å²) < 4.78 is 5.75. The monoisotopic (exact) mass is 657 g/mol. The molecule has 2 bridgehead atoms. The number of likely N-dealkylation sites (tertiary alicyclic amines) is 1. The van der Waals surface area contributed by atoms with E-state index >= 15 is 0 Å². The molecule has 0 unspecified atom stereocenters. The molecule has 3 aromatic carbocycles. The van der Waals surface area contributed by atoms with Crippen molar-refractivity contribution in [3.05, 3.63) is 106 Å². The van der Waals surface area contributed by atoms with E-state index in [0.717, 1.165) is 4.90 Å². The van der Waals surface area contributed by atoms with Gasteiger partial charge in [-0.1, -0.05) is 74.0 Å². The fraction of sp³-hybridized carbons (Fsp3) is 0.333. The third-order valence-electron chi connectivity index (χ3n) is 8.82. The number of ether oxygens (including phenoxy) is 1. The summed E-state index contributed by atoms with van der Waals surface area (Å²) in [5.41, 5.74) is 2.93. The molecule has 4 atom stereocenters. The van der Waals surface area contributed by atoms with Crippen molar-refractivity contribution in [2.24, 2.45) is 17.8 Å². The topological polar surface area (TPSA) is 80.8 Å². The number of halogens is 4. The predicted molar refractivity (Wildman–Crippen MR) is 165 cm³/mol. The molecule has 3 aromatic rings. The van der Waals surface area contributed by atoms with Crippen LogP contribution in [0.1, 0.15) is 52.9 Å². The highest BCUT2D eigenvalue weighted by Crippen LogP contribution is 2.69. The van der Waals surface area contributed by atoms with Crippen LogP contribution >= 0.6 is 46.4 Å². The second-order valence-corrected chi connectivity index (χ2v) is 13.5. The van der Waals surface area contributed by atoms with Gasteiger partial charge in [-0.15, -0.1) is 34.8 Å². The molecule has 10 heteroatoms. The van der Waals surface area contributed by atoms with Crippen molar-refractivity contribution in [3.63, 3.8) is 0 Å². The molecule has 0 saturated carbocycles. The van der Waals surface area contributed by atoms with E-state index in [1.165, 1.54) is 12.1 Å². The Kier molecular flexibility index (Phi) is 7.65. The summed E-state index contributed by atoms with van der Waals surface area (Å²) in [4.78, 5) is 54.2. The van der Waals surface area contributed by atoms with Gasteiger partial charge in [0.05, 0.1) is 11.8 Å². The summed E-state index contributed by atoms with van der Waals surface area (Å²) >= 11 is 27.0. The molecule has 3 aliphatic carbocycles. The maximum Gasteiger partial charge on any atom is 0.330 e. The van der Waals surface area contributed by atoms with E-state index in [1.54, 1.807) is 26.0 Å². The lowest BCUT2D eigenvalue weighted by Crippen LogP contribution is -2.57. The molecule has 7 rings (SSSR count). The standard InChI is InChI=1S/C33H27Cl4NO5/c1-17(2)27(31(42)43-24(15-16-34)28(39)18-11-13-19(35)14-12-18)38-29(40)25-26(30(38)41)33(37)21-8-4-3-7-20(21)32(25,36)22-9-5-6-10-23(22)33/h3-14,17,24-27H,15-16H2,1-2H3/t24-,25-,26+,27+,32?,33?/m1/s1. The number of ketones is 1. The van der Waals surface area contributed by atoms with Gasteiger partial charge >= 0.3 is 5.97 Å². The summed E-state index contributed by atoms with van der Waals surface area (Å²) in [5, 5.41) is 0.447. The average Bonchev–Trinajstić information content (AvgIpc) is 3.26. The summed E-state index contributed by atoms with van der Waals surface area (Å²) in [5.74, 6) is -5.20. The van der Waals surface area contributed by atoms with Crippen LogP contribution in [0.3, 0.4) is 0 Å². The number of carbonyl (C=O) groups excluding carboxylic acids is 4. The highest BCUT2D eigenvalue weighted by atomic mass is 35.5. The van der Waals surface area contributed by atoms with E-state index in [4.69, 9.17) is 51.1 Å². The third kappa shape index (κ3) is 4.28. The molecule has 1 fully saturated rings. The number of hydrogen-bond donors (Lipinski definition) is 0. The van der Waals surface area contributed by atoms with Crippen molar-refractivity contribution in [1.82, 2.24) is 4.90 Å². The van der Waals surface area contributed by atoms with Crippen LogP contribution in [0.4, 0.5) is 0 Å². The zero-order chi connectivity index (χ0) is 30.8. The largest absolute Gasteiger partial charge is 0.452 e. The Hall–Kier alpha value is -2.90. The molecule has 43 heavy (non-hydrogen) atoms. The first-order valence-electron chi connectivity index (χ1n) is 14.0. The molecule has 0 aromatic heterocycles. The molecule has 1 saturated heterocycles. The highest BCUT2D eigenvalue weighted by Gasteiger charge is 2.74. The van der Waals surface area contributed by atoms with Gasteiger partial charge in [-0.3, -0.25) is 19.3 Å². The molecule has 0 radical (unpaired) electrons. The first-order valence-corrected chi connectivity index (χ1v) is 15.7. The molecule has 222 valence electrons. The Morgan fingerprint density at radius 1 is 0.814 bits per heavy atom. The second-order valence-electron chi connectivity index (χ2n) is 11.5. The third-order valence-corrected chi connectivity index (χ3v) is 10.6. The molecular formula is C33H27Cl4NO5. The minimum atomic E-state index is -1.38. The van der Waals surface area contributed by atoms with Crippen molar-refractivity contribution in [3.8, 4) is 0 Å². The van der Waals surface area contributed by atoms with Gasteiger partial charge in [-0.25, -0.2) is 4.79 Å². The first-order chi connectivity index (χ1) is 20.5. The minimum absolute atomic E-state index is 0.0346. The summed E-state index contributed by atoms with van der Waals surface area (Å²) in [6.07, 6.45) is -1.20. The lowest BCUT2D eigenvalue weighted by Gasteiger charge is -2.54. The van der Waals surface area contributed by atoms with E-state index in [0.29, 0.717) is 27.3 Å². The van der Waals surface area contributed by atoms with Gasteiger partial charge in [0, 0.05) is 22.9 Å². The van der Waals surface area contributed by atoms with Crippen LogP contribution in [0.25, 0.3) is 0 Å². The first kappa shape index (κ1) is 30.1. The molecule has 2 amide bonds. The molecule has 6 nitrogen and oxygen atoms in total. The number of hydrogen-bond acceptors (Lipinski definition) is 5. The normalized spacial score (nSPS) is 26.5. The lowest BCUT2D eigenvalue weighted by atomic mass is 9.54. The van der Waals surface area contributed by atoms with Crippen LogP contribution in [0, 0.1) is 17.8 Å². The fourth-order valence-corrected chi connectivity index (χ4v) is 8.41. The van der Waals surface area contributed by atoms with Crippen molar-refractivity contribution < 1.29 is 23.9 Å². The van der Waals surface area contributed by atoms with Crippen LogP contribution in [0.2, 0.25) is 5.02 Å². The Morgan fingerprint density at radius 3 is 1.65 bits per heavy atom. The SMILES string of the molecule is CC(C)[C@@H](C(=O)O[C@H](CCCl)C(=O)c1ccc(Cl)cc1)N1C(=O)[C@@H]2[C@H](C1=O)C1(Cl)c3ccccc3C2(Cl)c2ccccc21. The molecule has 0 spiro atoms. The quantitative estimate of drug-likeness (QED) is 0.117. The van der Waals surface area contributed by atoms with E-state index in [1.807, 2.05) is 48.5 Å². The molecule has 1 heterocycles. The number of rotatable bonds is 8. The van der Waals surface area contributed by atoms with Gasteiger partial charge in [0.2, 0.25) is 17.6 Å². The van der Waals surface area contributed by atoms with Crippen molar-refractivity contribution >= 4 is 70.0 Å². The molecular weight excluding hydrogens is 632 g/mol. The van der Waals surface area contributed by atoms with Crippen molar-refractivity contribution in [2.45, 2.75) is 42.2 Å². The van der Waals surface area contributed by atoms with Gasteiger partial charge in [-0.05, 0) is 52.4 Å². The molecule has 4 aliphatic rings. The number of amides is 2. The summed E-state index contributed by atoms with van der Waals surface area (Å²) in [6, 6.07) is 19.5. The number of imide groups is 1. The van der Waals surface area contributed by atoms with Crippen LogP contribution in [-0.4, -0.2) is 46.5 Å². The van der Waals surface area contributed by atoms with Gasteiger partial charge in [0.15, 0.2) is 6.10 Å². The summed E-state index contributed by atoms with van der Waals surface area (Å²) in [6.45, 7) is 3.41. The average molecular weight is 659 g/mol. The van der Waals surface area contributed by atoms with Crippen LogP contribution in [-0.2, 0) is 28.9 Å². The maximum absolute atomic E-state index is 14.4. The molecule has 1 aliphatic heterocycles. The zero-order valence-electron chi connectivity index (χ0n) is 23.2. The van der Waals surface area contributed by atoms with E-state index in [2.05, 4.69) is 0 Å². The summed E-state index contributed by atoms with van der Waals surface area (Å²) in [7, 11) is 0. The van der Waals surface area contributed by atoms with Gasteiger partial charge in [0.25, 0.3) is 0 Å². The Morgan fingerprint density at radius 2 is 1.26 bits per heavy atom. The van der Waals surface area contributed by atoms with Crippen molar-refractivity contribution in [2.75, 3.05) is 5.88 Å². The van der Waals surface area contributed by atoms with Gasteiger partial charge in [0.1, 0.15) is 15.8 Å². The van der Waals surface area contributed by atoms with Gasteiger partial charge in [-0.2, -0.15) is 0 Å². The van der Waals surface area contributed by atoms with E-state index in [-0.39, 0.29) is 17.9 Å². The van der Waals surface area contributed by atoms with Crippen LogP contribution in [0.5, 0.6) is 0 Å². The van der Waals surface area contributed by atoms with E-state index in [9.17, 15) is 19.2 Å². The van der Waals surface area contributed by atoms with Gasteiger partial charge < -0.3 is 4.74 Å².